The summed E-state index contributed by atoms with van der Waals surface area (Å²) < 4.78 is 32.2. The van der Waals surface area contributed by atoms with E-state index >= 15 is 0 Å². The second kappa shape index (κ2) is 29.3. The molecule has 17 heteroatoms. The molecule has 16 rings (SSSR count). The first-order chi connectivity index (χ1) is 46.7. The van der Waals surface area contributed by atoms with Crippen molar-refractivity contribution in [3.63, 3.8) is 0 Å². The highest BCUT2D eigenvalue weighted by atomic mass is 16.5. The monoisotopic (exact) mass is 1280 g/mol. The summed E-state index contributed by atoms with van der Waals surface area (Å²) >= 11 is 0. The van der Waals surface area contributed by atoms with Crippen molar-refractivity contribution in [3.05, 3.63) is 211 Å². The Kier molecular flexibility index (Phi) is 20.0. The van der Waals surface area contributed by atoms with E-state index in [2.05, 4.69) is 46.5 Å². The van der Waals surface area contributed by atoms with Gasteiger partial charge in [-0.1, -0.05) is 163 Å². The zero-order valence-electron chi connectivity index (χ0n) is 55.4. The van der Waals surface area contributed by atoms with Crippen LogP contribution in [0.2, 0.25) is 0 Å². The minimum Gasteiger partial charge on any atom is -0.494 e. The largest absolute Gasteiger partial charge is 0.494 e. The molecular formula is C79H80N8O9. The Hall–Kier alpha value is -10.7. The highest BCUT2D eigenvalue weighted by Crippen LogP contribution is 2.61. The van der Waals surface area contributed by atoms with Crippen molar-refractivity contribution in [2.24, 2.45) is 23.2 Å². The summed E-state index contributed by atoms with van der Waals surface area (Å²) in [6.45, 7) is 7.35. The number of carbonyl (C=O) groups excluding carboxylic acids is 4. The van der Waals surface area contributed by atoms with Gasteiger partial charge in [0.15, 0.2) is 0 Å². The number of aryl methyl sites for hydroxylation is 3. The first-order valence-electron chi connectivity index (χ1n) is 32.7. The number of aromatic nitrogens is 8. The van der Waals surface area contributed by atoms with Crippen LogP contribution in [0.1, 0.15) is 61.6 Å². The summed E-state index contributed by atoms with van der Waals surface area (Å²) in [6.07, 6.45) is 9.90. The molecule has 4 aliphatic rings. The minimum atomic E-state index is -0.309. The SMILES string of the molecule is COC(=O)Cn1nc(-c2cccc(OCCC34CC5CC(CC(C5)C3)C4)c2)c2ccccc21.COC(=O)Cn1nc(-c2ccccc2)c2c(C)cccc21.COC(=O)Cn1nc(-c2ccccc2)c2cc(C)ccc21.COC(=O)Cn1nc(-c2ccccc2)c2cccc(C)c21. The molecule has 8 aromatic carbocycles. The molecule has 0 N–H and O–H groups in total. The van der Waals surface area contributed by atoms with Gasteiger partial charge in [0.25, 0.3) is 0 Å². The molecule has 0 unspecified atom stereocenters. The normalized spacial score (nSPS) is 16.6. The number of benzene rings is 8. The van der Waals surface area contributed by atoms with Gasteiger partial charge >= 0.3 is 23.9 Å². The van der Waals surface area contributed by atoms with Crippen molar-refractivity contribution in [2.75, 3.05) is 35.0 Å². The summed E-state index contributed by atoms with van der Waals surface area (Å²) in [5.74, 6) is 2.61. The van der Waals surface area contributed by atoms with Gasteiger partial charge in [-0.25, -0.2) is 0 Å². The van der Waals surface area contributed by atoms with Gasteiger partial charge in [-0.05, 0) is 136 Å². The van der Waals surface area contributed by atoms with Gasteiger partial charge in [-0.2, -0.15) is 20.4 Å². The maximum Gasteiger partial charge on any atom is 0.327 e. The minimum absolute atomic E-state index is 0.0955. The number of hydrogen-bond acceptors (Lipinski definition) is 13. The van der Waals surface area contributed by atoms with Crippen LogP contribution in [0.15, 0.2) is 194 Å². The number of ether oxygens (including phenoxy) is 5. The predicted octanol–water partition coefficient (Wildman–Crippen LogP) is 15.4. The zero-order chi connectivity index (χ0) is 66.9. The fourth-order valence-corrected chi connectivity index (χ4v) is 14.8. The first kappa shape index (κ1) is 65.4. The maximum absolute atomic E-state index is 11.9. The van der Waals surface area contributed by atoms with E-state index in [0.717, 1.165) is 135 Å². The molecule has 0 spiro atoms. The molecule has 0 atom stereocenters. The van der Waals surface area contributed by atoms with Gasteiger partial charge in [0.05, 0.1) is 57.1 Å². The standard InChI is InChI=1S/C28H32N2O3.3C17H16N2O2/c1-32-26(31)18-30-25-8-3-2-7-24(25)27(29-30)22-5-4-6-23(14-22)33-10-9-28-15-19-11-20(16-28)13-21(12-19)17-28;1-12-7-6-10-14-16(13-8-4-3-5-9-13)18-19(17(12)14)11-15(20)21-2;1-12-7-6-10-14-16(12)17(13-8-4-3-5-9-13)18-19(14)11-15(20)21-2;1-12-8-9-15-14(10-12)17(13-6-4-3-5-7-13)18-19(15)11-16(20)21-2/h2-8,14,19-21H,9-13,15-18H2,1H3;3*3-10H,11H2,1-2H3. The average molecular weight is 1290 g/mol. The number of nitrogens with zero attached hydrogens (tertiary/aromatic N) is 8. The summed E-state index contributed by atoms with van der Waals surface area (Å²) in [6, 6.07) is 64.3. The van der Waals surface area contributed by atoms with Gasteiger partial charge in [0.1, 0.15) is 54.7 Å². The van der Waals surface area contributed by atoms with Crippen LogP contribution in [-0.4, -0.2) is 98.0 Å². The molecule has 0 radical (unpaired) electrons. The molecule has 4 heterocycles. The van der Waals surface area contributed by atoms with Crippen molar-refractivity contribution in [1.29, 1.82) is 0 Å². The third kappa shape index (κ3) is 14.5. The molecule has 0 saturated heterocycles. The van der Waals surface area contributed by atoms with Crippen molar-refractivity contribution in [2.45, 2.75) is 91.9 Å². The fourth-order valence-electron chi connectivity index (χ4n) is 14.8. The first-order valence-corrected chi connectivity index (χ1v) is 32.7. The molecule has 17 nitrogen and oxygen atoms in total. The van der Waals surface area contributed by atoms with E-state index in [1.165, 1.54) is 73.4 Å². The molecule has 4 aliphatic carbocycles. The molecule has 12 aromatic rings. The summed E-state index contributed by atoms with van der Waals surface area (Å²) in [5.41, 5.74) is 15.4. The maximum atomic E-state index is 11.9. The Morgan fingerprint density at radius 2 is 0.823 bits per heavy atom. The third-order valence-electron chi connectivity index (χ3n) is 18.9. The van der Waals surface area contributed by atoms with Crippen LogP contribution in [0.25, 0.3) is 88.6 Å². The Morgan fingerprint density at radius 1 is 0.406 bits per heavy atom. The van der Waals surface area contributed by atoms with Crippen LogP contribution in [0.4, 0.5) is 0 Å². The van der Waals surface area contributed by atoms with E-state index < -0.39 is 0 Å². The lowest BCUT2D eigenvalue weighted by molar-refractivity contribution is -0.142. The molecular weight excluding hydrogens is 1200 g/mol. The van der Waals surface area contributed by atoms with Crippen LogP contribution in [0, 0.1) is 43.9 Å². The van der Waals surface area contributed by atoms with Crippen LogP contribution < -0.4 is 4.74 Å². The molecule has 0 amide bonds. The van der Waals surface area contributed by atoms with Crippen molar-refractivity contribution in [1.82, 2.24) is 39.1 Å². The number of rotatable bonds is 16. The van der Waals surface area contributed by atoms with Crippen LogP contribution >= 0.6 is 0 Å². The third-order valence-corrected chi connectivity index (χ3v) is 18.9. The quantitative estimate of drug-likeness (QED) is 0.0658. The Morgan fingerprint density at radius 3 is 1.40 bits per heavy atom. The Labute approximate surface area is 558 Å². The van der Waals surface area contributed by atoms with Crippen LogP contribution in [0.5, 0.6) is 5.75 Å². The molecule has 4 bridgehead atoms. The Balaban J connectivity index is 0.000000125. The lowest BCUT2D eigenvalue weighted by Gasteiger charge is -2.57. The van der Waals surface area contributed by atoms with Gasteiger partial charge < -0.3 is 23.7 Å². The van der Waals surface area contributed by atoms with Gasteiger partial charge in [0.2, 0.25) is 0 Å². The number of hydrogen-bond donors (Lipinski definition) is 0. The molecule has 490 valence electrons. The van der Waals surface area contributed by atoms with E-state index in [-0.39, 0.29) is 50.1 Å². The van der Waals surface area contributed by atoms with E-state index in [9.17, 15) is 19.2 Å². The smallest absolute Gasteiger partial charge is 0.327 e. The van der Waals surface area contributed by atoms with Gasteiger partial charge in [-0.15, -0.1) is 0 Å². The zero-order valence-corrected chi connectivity index (χ0v) is 55.4. The highest BCUT2D eigenvalue weighted by Gasteiger charge is 2.50. The average Bonchev–Trinajstić information content (AvgIpc) is 1.14. The van der Waals surface area contributed by atoms with Gasteiger partial charge in [-0.3, -0.25) is 37.9 Å². The molecule has 4 aromatic heterocycles. The Bertz CT molecular complexity index is 4670. The summed E-state index contributed by atoms with van der Waals surface area (Å²) in [7, 11) is 5.56. The number of esters is 4. The molecule has 96 heavy (non-hydrogen) atoms. The van der Waals surface area contributed by atoms with E-state index in [1.54, 1.807) is 18.7 Å². The molecule has 0 aliphatic heterocycles. The summed E-state index contributed by atoms with van der Waals surface area (Å²) in [5, 5.41) is 22.8. The topological polar surface area (TPSA) is 186 Å². The fraction of sp³-hybridized carbons (Fsp3) is 0.291. The van der Waals surface area contributed by atoms with E-state index in [1.807, 2.05) is 184 Å². The van der Waals surface area contributed by atoms with Crippen molar-refractivity contribution < 1.29 is 42.9 Å². The number of methoxy groups -OCH3 is 4. The van der Waals surface area contributed by atoms with Crippen molar-refractivity contribution in [3.8, 4) is 50.8 Å². The van der Waals surface area contributed by atoms with Crippen LogP contribution in [0.3, 0.4) is 0 Å². The van der Waals surface area contributed by atoms with E-state index in [4.69, 9.17) is 28.8 Å². The number of para-hydroxylation sites is 2. The number of fused-ring (bicyclic) bond motifs is 4. The number of carbonyl (C=O) groups is 4. The molecule has 4 saturated carbocycles. The molecule has 4 fully saturated rings. The van der Waals surface area contributed by atoms with Crippen LogP contribution in [-0.2, 0) is 64.3 Å². The van der Waals surface area contributed by atoms with Gasteiger partial charge in [0, 0.05) is 43.8 Å². The second-order valence-corrected chi connectivity index (χ2v) is 25.4. The van der Waals surface area contributed by atoms with E-state index in [0.29, 0.717) is 5.41 Å². The van der Waals surface area contributed by atoms with Crippen molar-refractivity contribution >= 4 is 67.5 Å². The second-order valence-electron chi connectivity index (χ2n) is 25.4. The summed E-state index contributed by atoms with van der Waals surface area (Å²) in [4.78, 5) is 46.6. The lowest BCUT2D eigenvalue weighted by atomic mass is 9.49. The highest BCUT2D eigenvalue weighted by molar-refractivity contribution is 5.98. The lowest BCUT2D eigenvalue weighted by Crippen LogP contribution is -2.46. The predicted molar refractivity (Wildman–Crippen MR) is 374 cm³/mol.